The molecular formula is C15H22F2N6O2. The molecule has 3 heterocycles. The number of aromatic nitrogens is 4. The highest BCUT2D eigenvalue weighted by atomic mass is 19.2. The Morgan fingerprint density at radius 3 is 2.68 bits per heavy atom. The van der Waals surface area contributed by atoms with Gasteiger partial charge in [0.1, 0.15) is 6.61 Å². The lowest BCUT2D eigenvalue weighted by Gasteiger charge is -2.25. The molecule has 1 aliphatic heterocycles. The molecule has 0 amide bonds. The maximum Gasteiger partial charge on any atom is 0.240 e. The summed E-state index contributed by atoms with van der Waals surface area (Å²) in [5.41, 5.74) is 4.33. The minimum Gasteiger partial charge on any atom is -0.390 e. The van der Waals surface area contributed by atoms with Crippen molar-refractivity contribution in [3.63, 3.8) is 0 Å². The van der Waals surface area contributed by atoms with Gasteiger partial charge < -0.3 is 20.5 Å². The third-order valence-electron chi connectivity index (χ3n) is 5.01. The fourth-order valence-electron chi connectivity index (χ4n) is 3.05. The van der Waals surface area contributed by atoms with Crippen molar-refractivity contribution < 1.29 is 18.6 Å². The summed E-state index contributed by atoms with van der Waals surface area (Å²) >= 11 is 0. The van der Waals surface area contributed by atoms with Crippen LogP contribution in [0.1, 0.15) is 27.0 Å². The molecule has 8 nitrogen and oxygen atoms in total. The second kappa shape index (κ2) is 5.73. The molecule has 2 aromatic heterocycles. The predicted octanol–water partition coefficient (Wildman–Crippen LogP) is 1.42. The lowest BCUT2D eigenvalue weighted by atomic mass is 9.88. The van der Waals surface area contributed by atoms with Crippen molar-refractivity contribution in [2.24, 2.45) is 5.92 Å². The first kappa shape index (κ1) is 17.7. The number of alkyl halides is 2. The third kappa shape index (κ3) is 2.51. The van der Waals surface area contributed by atoms with E-state index in [1.165, 1.54) is 24.7 Å². The molecule has 0 aliphatic carbocycles. The Bertz CT molecular complexity index is 798. The minimum atomic E-state index is -2.49. The minimum absolute atomic E-state index is 0.00942. The lowest BCUT2D eigenvalue weighted by molar-refractivity contribution is -0.191. The van der Waals surface area contributed by atoms with Crippen molar-refractivity contribution in [3.05, 3.63) is 6.33 Å². The average molecular weight is 356 g/mol. The number of nitrogen functional groups attached to an aromatic ring is 1. The van der Waals surface area contributed by atoms with Crippen molar-refractivity contribution >= 4 is 22.9 Å². The van der Waals surface area contributed by atoms with Crippen molar-refractivity contribution in [1.82, 2.24) is 19.5 Å². The number of aliphatic hydroxyl groups is 1. The van der Waals surface area contributed by atoms with Crippen molar-refractivity contribution in [1.29, 1.82) is 0 Å². The molecule has 1 fully saturated rings. The second-order valence-electron chi connectivity index (χ2n) is 6.53. The third-order valence-corrected chi connectivity index (χ3v) is 5.01. The largest absolute Gasteiger partial charge is 0.390 e. The number of anilines is 2. The number of halogens is 2. The summed E-state index contributed by atoms with van der Waals surface area (Å²) in [6, 6.07) is 0. The number of fused-ring (bicyclic) bond motifs is 1. The number of nitrogens with two attached hydrogens (primary N) is 1. The first-order valence-electron chi connectivity index (χ1n) is 8.03. The highest BCUT2D eigenvalue weighted by molar-refractivity contribution is 5.84. The number of imidazole rings is 1. The summed E-state index contributed by atoms with van der Waals surface area (Å²) in [5.74, 6) is -3.20. The molecule has 1 aliphatic rings. The van der Waals surface area contributed by atoms with Gasteiger partial charge in [0.25, 0.3) is 0 Å². The van der Waals surface area contributed by atoms with Gasteiger partial charge in [-0.05, 0) is 13.8 Å². The van der Waals surface area contributed by atoms with E-state index in [9.17, 15) is 9.50 Å². The van der Waals surface area contributed by atoms with Crippen LogP contribution in [0.4, 0.5) is 20.5 Å². The first-order chi connectivity index (χ1) is 11.7. The van der Waals surface area contributed by atoms with Crippen LogP contribution >= 0.6 is 0 Å². The van der Waals surface area contributed by atoms with Gasteiger partial charge in [0.05, 0.1) is 12.2 Å². The number of nitrogens with zero attached hydrogens (tertiary/aromatic N) is 5. The molecule has 3 rings (SSSR count). The molecule has 4 atom stereocenters. The van der Waals surface area contributed by atoms with Crippen LogP contribution in [0.5, 0.6) is 0 Å². The quantitative estimate of drug-likeness (QED) is 0.854. The first-order valence-corrected chi connectivity index (χ1v) is 8.03. The number of rotatable bonds is 4. The van der Waals surface area contributed by atoms with Gasteiger partial charge in [-0.15, -0.1) is 0 Å². The zero-order chi connectivity index (χ0) is 18.6. The Hall–Kier alpha value is -2.07. The van der Waals surface area contributed by atoms with Crippen LogP contribution in [0.3, 0.4) is 0 Å². The summed E-state index contributed by atoms with van der Waals surface area (Å²) in [4.78, 5) is 14.4. The van der Waals surface area contributed by atoms with Crippen molar-refractivity contribution in [3.8, 4) is 0 Å². The van der Waals surface area contributed by atoms with Crippen LogP contribution in [-0.2, 0) is 4.74 Å². The number of ether oxygens (including phenoxy) is 1. The highest BCUT2D eigenvalue weighted by Crippen LogP contribution is 2.52. The zero-order valence-electron chi connectivity index (χ0n) is 14.6. The van der Waals surface area contributed by atoms with E-state index in [1.807, 2.05) is 18.9 Å². The second-order valence-corrected chi connectivity index (χ2v) is 6.53. The summed E-state index contributed by atoms with van der Waals surface area (Å²) in [7, 11) is 1.81. The van der Waals surface area contributed by atoms with Gasteiger partial charge in [-0.25, -0.2) is 13.8 Å². The molecule has 0 bridgehead atoms. The Balaban J connectivity index is 2.16. The molecule has 0 aromatic carbocycles. The van der Waals surface area contributed by atoms with Gasteiger partial charge in [-0.2, -0.15) is 9.97 Å². The zero-order valence-corrected chi connectivity index (χ0v) is 14.6. The maximum atomic E-state index is 15.3. The standard InChI is InChI=1S/C15H22F2N6O2/c1-5-22(4)10-9-11(21-13(18)20-10)23(7-19-9)12-14(3,16)8(2)15(17,6-24)25-12/h7-8,12,24H,5-6H2,1-4H3,(H2,18,20,21)/t8-,12+,14+,15+/m0/s1. The van der Waals surface area contributed by atoms with Crippen molar-refractivity contribution in [2.45, 2.75) is 38.5 Å². The van der Waals surface area contributed by atoms with Crippen LogP contribution in [-0.4, -0.2) is 56.3 Å². The van der Waals surface area contributed by atoms with E-state index in [0.29, 0.717) is 17.9 Å². The van der Waals surface area contributed by atoms with E-state index in [0.717, 1.165) is 0 Å². The molecular weight excluding hydrogens is 334 g/mol. The Kier molecular flexibility index (Phi) is 4.07. The van der Waals surface area contributed by atoms with Gasteiger partial charge in [0.15, 0.2) is 28.9 Å². The number of hydrogen-bond acceptors (Lipinski definition) is 7. The van der Waals surface area contributed by atoms with Crippen LogP contribution in [0.25, 0.3) is 11.2 Å². The van der Waals surface area contributed by atoms with Gasteiger partial charge in [-0.1, -0.05) is 6.92 Å². The van der Waals surface area contributed by atoms with E-state index in [4.69, 9.17) is 10.5 Å². The van der Waals surface area contributed by atoms with E-state index in [-0.39, 0.29) is 11.6 Å². The van der Waals surface area contributed by atoms with E-state index < -0.39 is 30.3 Å². The Morgan fingerprint density at radius 1 is 1.44 bits per heavy atom. The maximum absolute atomic E-state index is 15.3. The summed E-state index contributed by atoms with van der Waals surface area (Å²) in [5, 5.41) is 9.31. The molecule has 0 radical (unpaired) electrons. The SMILES string of the molecule is CCN(C)c1nc(N)nc2c1ncn2[C@@H]1O[C@](F)(CO)[C@@H](C)[C@@]1(C)F. The van der Waals surface area contributed by atoms with E-state index in [1.54, 1.807) is 0 Å². The number of hydrogen-bond donors (Lipinski definition) is 2. The van der Waals surface area contributed by atoms with Crippen molar-refractivity contribution in [2.75, 3.05) is 30.8 Å². The molecule has 0 spiro atoms. The average Bonchev–Trinajstić information content (AvgIpc) is 3.06. The van der Waals surface area contributed by atoms with Gasteiger partial charge in [-0.3, -0.25) is 4.57 Å². The summed E-state index contributed by atoms with van der Waals surface area (Å²) in [6.45, 7) is 4.22. The fourth-order valence-corrected chi connectivity index (χ4v) is 3.05. The summed E-state index contributed by atoms with van der Waals surface area (Å²) in [6.07, 6.45) is -0.0249. The lowest BCUT2D eigenvalue weighted by Crippen LogP contribution is -2.39. The molecule has 0 saturated carbocycles. The molecule has 1 saturated heterocycles. The van der Waals surface area contributed by atoms with Gasteiger partial charge >= 0.3 is 0 Å². The molecule has 2 aromatic rings. The molecule has 3 N–H and O–H groups in total. The van der Waals surface area contributed by atoms with Crippen LogP contribution < -0.4 is 10.6 Å². The summed E-state index contributed by atoms with van der Waals surface area (Å²) < 4.78 is 36.5. The number of aliphatic hydroxyl groups excluding tert-OH is 1. The van der Waals surface area contributed by atoms with Crippen LogP contribution in [0.2, 0.25) is 0 Å². The van der Waals surface area contributed by atoms with Crippen LogP contribution in [0, 0.1) is 5.92 Å². The monoisotopic (exact) mass is 356 g/mol. The Labute approximate surface area is 143 Å². The fraction of sp³-hybridized carbons (Fsp3) is 0.667. The van der Waals surface area contributed by atoms with Gasteiger partial charge in [0.2, 0.25) is 11.8 Å². The molecule has 25 heavy (non-hydrogen) atoms. The van der Waals surface area contributed by atoms with E-state index in [2.05, 4.69) is 15.0 Å². The highest BCUT2D eigenvalue weighted by Gasteiger charge is 2.62. The molecule has 10 heteroatoms. The molecule has 138 valence electrons. The normalized spacial score (nSPS) is 32.4. The van der Waals surface area contributed by atoms with Gasteiger partial charge in [0, 0.05) is 13.6 Å². The van der Waals surface area contributed by atoms with Crippen LogP contribution in [0.15, 0.2) is 6.33 Å². The smallest absolute Gasteiger partial charge is 0.240 e. The molecule has 0 unspecified atom stereocenters. The van der Waals surface area contributed by atoms with E-state index >= 15 is 4.39 Å². The topological polar surface area (TPSA) is 102 Å². The Morgan fingerprint density at radius 2 is 2.12 bits per heavy atom. The predicted molar refractivity (Wildman–Crippen MR) is 88.4 cm³/mol.